The number of ether oxygens (including phenoxy) is 1. The van der Waals surface area contributed by atoms with Crippen molar-refractivity contribution in [3.05, 3.63) is 0 Å². The van der Waals surface area contributed by atoms with Crippen LogP contribution in [0.5, 0.6) is 0 Å². The topological polar surface area (TPSA) is 12.5 Å². The Morgan fingerprint density at radius 3 is 3.00 bits per heavy atom. The summed E-state index contributed by atoms with van der Waals surface area (Å²) in [7, 11) is 1.74. The Hall–Kier alpha value is -0.150. The van der Waals surface area contributed by atoms with Crippen molar-refractivity contribution in [1.82, 2.24) is 4.90 Å². The van der Waals surface area contributed by atoms with Crippen LogP contribution in [0, 0.1) is 0 Å². The van der Waals surface area contributed by atoms with Gasteiger partial charge < -0.3 is 9.64 Å². The molecule has 1 heterocycles. The first kappa shape index (κ1) is 8.94. The Bertz CT molecular complexity index is 110. The summed E-state index contributed by atoms with van der Waals surface area (Å²) in [6.07, 6.45) is 2.15. The molecule has 0 unspecified atom stereocenters. The lowest BCUT2D eigenvalue weighted by Crippen LogP contribution is -2.24. The minimum absolute atomic E-state index is 0.200. The van der Waals surface area contributed by atoms with E-state index in [2.05, 4.69) is 4.90 Å². The molecule has 2 nitrogen and oxygen atoms in total. The zero-order chi connectivity index (χ0) is 8.10. The van der Waals surface area contributed by atoms with E-state index in [1.54, 1.807) is 7.11 Å². The highest BCUT2D eigenvalue weighted by molar-refractivity contribution is 4.75. The van der Waals surface area contributed by atoms with Crippen molar-refractivity contribution < 1.29 is 9.13 Å². The van der Waals surface area contributed by atoms with Gasteiger partial charge in [0.15, 0.2) is 0 Å². The number of rotatable bonds is 4. The summed E-state index contributed by atoms with van der Waals surface area (Å²) in [6, 6.07) is 0. The molecule has 1 atom stereocenters. The van der Waals surface area contributed by atoms with Crippen molar-refractivity contribution in [1.29, 1.82) is 0 Å². The van der Waals surface area contributed by atoms with Gasteiger partial charge in [-0.05, 0) is 12.8 Å². The van der Waals surface area contributed by atoms with Gasteiger partial charge in [0.25, 0.3) is 0 Å². The van der Waals surface area contributed by atoms with Crippen LogP contribution >= 0.6 is 0 Å². The molecular formula is C8H16FNO. The van der Waals surface area contributed by atoms with Crippen LogP contribution in [0.4, 0.5) is 4.39 Å². The van der Waals surface area contributed by atoms with Crippen LogP contribution in [-0.2, 0) is 4.74 Å². The molecule has 3 heteroatoms. The molecule has 1 saturated heterocycles. The Morgan fingerprint density at radius 2 is 2.45 bits per heavy atom. The minimum Gasteiger partial charge on any atom is -0.380 e. The minimum atomic E-state index is -0.200. The van der Waals surface area contributed by atoms with Crippen LogP contribution < -0.4 is 0 Å². The maximum atomic E-state index is 11.8. The molecule has 0 aromatic rings. The van der Waals surface area contributed by atoms with Gasteiger partial charge in [-0.25, -0.2) is 0 Å². The van der Waals surface area contributed by atoms with Gasteiger partial charge in [0, 0.05) is 26.7 Å². The van der Waals surface area contributed by atoms with Gasteiger partial charge in [-0.3, -0.25) is 4.39 Å². The normalized spacial score (nSPS) is 26.2. The van der Waals surface area contributed by atoms with Crippen LogP contribution in [-0.4, -0.2) is 44.4 Å². The van der Waals surface area contributed by atoms with Gasteiger partial charge in [0.05, 0.1) is 12.8 Å². The van der Waals surface area contributed by atoms with E-state index < -0.39 is 0 Å². The number of hydrogen-bond donors (Lipinski definition) is 0. The summed E-state index contributed by atoms with van der Waals surface area (Å²) in [4.78, 5) is 2.26. The Labute approximate surface area is 67.3 Å². The number of methoxy groups -OCH3 is 1. The standard InChI is InChI=1S/C8H16FNO/c1-11-8-3-6-10(7-8)5-2-4-9/h8H,2-7H2,1H3/t8-/m1/s1. The Morgan fingerprint density at radius 1 is 1.64 bits per heavy atom. The van der Waals surface area contributed by atoms with Crippen LogP contribution in [0.1, 0.15) is 12.8 Å². The first-order chi connectivity index (χ1) is 5.36. The maximum absolute atomic E-state index is 11.8. The van der Waals surface area contributed by atoms with Gasteiger partial charge in [-0.15, -0.1) is 0 Å². The van der Waals surface area contributed by atoms with Crippen LogP contribution in [0.25, 0.3) is 0 Å². The predicted octanol–water partition coefficient (Wildman–Crippen LogP) is 1.07. The molecule has 1 rings (SSSR count). The van der Waals surface area contributed by atoms with Gasteiger partial charge in [-0.1, -0.05) is 0 Å². The molecule has 0 radical (unpaired) electrons. The molecule has 66 valence electrons. The third-order valence-electron chi connectivity index (χ3n) is 2.17. The van der Waals surface area contributed by atoms with Crippen molar-refractivity contribution in [3.8, 4) is 0 Å². The second-order valence-corrected chi connectivity index (χ2v) is 2.99. The molecule has 0 bridgehead atoms. The smallest absolute Gasteiger partial charge is 0.0906 e. The summed E-state index contributed by atoms with van der Waals surface area (Å²) in [5.74, 6) is 0. The molecule has 0 aromatic carbocycles. The zero-order valence-electron chi connectivity index (χ0n) is 7.05. The van der Waals surface area contributed by atoms with Crippen molar-refractivity contribution in [2.75, 3.05) is 33.4 Å². The SMILES string of the molecule is CO[C@@H]1CCN(CCCF)C1. The molecule has 1 aliphatic rings. The summed E-state index contributed by atoms with van der Waals surface area (Å²) < 4.78 is 17.0. The average Bonchev–Trinajstić information content (AvgIpc) is 2.48. The number of hydrogen-bond acceptors (Lipinski definition) is 2. The fraction of sp³-hybridized carbons (Fsp3) is 1.00. The lowest BCUT2D eigenvalue weighted by Gasteiger charge is -2.13. The first-order valence-electron chi connectivity index (χ1n) is 4.18. The highest BCUT2D eigenvalue weighted by atomic mass is 19.1. The second-order valence-electron chi connectivity index (χ2n) is 2.99. The predicted molar refractivity (Wildman–Crippen MR) is 42.4 cm³/mol. The quantitative estimate of drug-likeness (QED) is 0.611. The molecule has 1 fully saturated rings. The third-order valence-corrected chi connectivity index (χ3v) is 2.17. The summed E-state index contributed by atoms with van der Waals surface area (Å²) in [5, 5.41) is 0. The van der Waals surface area contributed by atoms with Crippen LogP contribution in [0.3, 0.4) is 0 Å². The fourth-order valence-electron chi connectivity index (χ4n) is 1.48. The number of halogens is 1. The largest absolute Gasteiger partial charge is 0.380 e. The molecular weight excluding hydrogens is 145 g/mol. The monoisotopic (exact) mass is 161 g/mol. The van der Waals surface area contributed by atoms with Crippen molar-refractivity contribution in [3.63, 3.8) is 0 Å². The number of likely N-dealkylation sites (tertiary alicyclic amines) is 1. The molecule has 0 N–H and O–H groups in total. The average molecular weight is 161 g/mol. The van der Waals surface area contributed by atoms with Gasteiger partial charge in [0.1, 0.15) is 0 Å². The molecule has 0 amide bonds. The van der Waals surface area contributed by atoms with Crippen LogP contribution in [0.2, 0.25) is 0 Å². The molecule has 0 aliphatic carbocycles. The van der Waals surface area contributed by atoms with E-state index in [1.165, 1.54) is 0 Å². The number of nitrogens with zero attached hydrogens (tertiary/aromatic N) is 1. The molecule has 0 spiro atoms. The van der Waals surface area contributed by atoms with Gasteiger partial charge >= 0.3 is 0 Å². The van der Waals surface area contributed by atoms with Crippen LogP contribution in [0.15, 0.2) is 0 Å². The van der Waals surface area contributed by atoms with E-state index in [-0.39, 0.29) is 6.67 Å². The Kier molecular flexibility index (Phi) is 3.80. The summed E-state index contributed by atoms with van der Waals surface area (Å²) in [5.41, 5.74) is 0. The molecule has 0 saturated carbocycles. The van der Waals surface area contributed by atoms with Crippen molar-refractivity contribution >= 4 is 0 Å². The van der Waals surface area contributed by atoms with E-state index >= 15 is 0 Å². The highest BCUT2D eigenvalue weighted by Crippen LogP contribution is 2.11. The van der Waals surface area contributed by atoms with E-state index in [0.29, 0.717) is 12.5 Å². The summed E-state index contributed by atoms with van der Waals surface area (Å²) in [6.45, 7) is 2.74. The highest BCUT2D eigenvalue weighted by Gasteiger charge is 2.20. The maximum Gasteiger partial charge on any atom is 0.0906 e. The number of alkyl halides is 1. The molecule has 1 aliphatic heterocycles. The van der Waals surface area contributed by atoms with E-state index in [9.17, 15) is 4.39 Å². The first-order valence-corrected chi connectivity index (χ1v) is 4.18. The Balaban J connectivity index is 2.09. The van der Waals surface area contributed by atoms with E-state index in [0.717, 1.165) is 26.1 Å². The molecule has 11 heavy (non-hydrogen) atoms. The lowest BCUT2D eigenvalue weighted by atomic mass is 10.3. The summed E-state index contributed by atoms with van der Waals surface area (Å²) >= 11 is 0. The van der Waals surface area contributed by atoms with Crippen molar-refractivity contribution in [2.45, 2.75) is 18.9 Å². The lowest BCUT2D eigenvalue weighted by molar-refractivity contribution is 0.107. The molecule has 0 aromatic heterocycles. The second kappa shape index (κ2) is 4.67. The van der Waals surface area contributed by atoms with E-state index in [4.69, 9.17) is 4.74 Å². The zero-order valence-corrected chi connectivity index (χ0v) is 7.05. The fourth-order valence-corrected chi connectivity index (χ4v) is 1.48. The third kappa shape index (κ3) is 2.75. The van der Waals surface area contributed by atoms with Crippen molar-refractivity contribution in [2.24, 2.45) is 0 Å². The van der Waals surface area contributed by atoms with E-state index in [1.807, 2.05) is 0 Å². The van der Waals surface area contributed by atoms with Gasteiger partial charge in [0.2, 0.25) is 0 Å². The van der Waals surface area contributed by atoms with Gasteiger partial charge in [-0.2, -0.15) is 0 Å².